The maximum atomic E-state index is 12.4. The molecule has 0 aliphatic heterocycles. The van der Waals surface area contributed by atoms with Crippen molar-refractivity contribution in [1.82, 2.24) is 4.98 Å². The van der Waals surface area contributed by atoms with Gasteiger partial charge in [0.05, 0.1) is 16.3 Å². The molecule has 0 radical (unpaired) electrons. The van der Waals surface area contributed by atoms with Crippen molar-refractivity contribution in [1.29, 1.82) is 0 Å². The highest BCUT2D eigenvalue weighted by molar-refractivity contribution is 7.21. The minimum atomic E-state index is -0.975. The van der Waals surface area contributed by atoms with Crippen LogP contribution in [0.1, 0.15) is 0 Å². The summed E-state index contributed by atoms with van der Waals surface area (Å²) in [5.41, 5.74) is 2.74. The Kier molecular flexibility index (Phi) is 4.45. The summed E-state index contributed by atoms with van der Waals surface area (Å²) in [6.07, 6.45) is -0.975. The number of thiazole rings is 1. The molecule has 0 fully saturated rings. The van der Waals surface area contributed by atoms with Gasteiger partial charge in [0.2, 0.25) is 0 Å². The summed E-state index contributed by atoms with van der Waals surface area (Å²) in [5, 5.41) is 19.8. The van der Waals surface area contributed by atoms with E-state index in [0.29, 0.717) is 0 Å². The van der Waals surface area contributed by atoms with Crippen molar-refractivity contribution in [2.24, 2.45) is 0 Å². The Morgan fingerprint density at radius 1 is 1.22 bits per heavy atom. The van der Waals surface area contributed by atoms with E-state index in [9.17, 15) is 14.6 Å². The molecule has 0 saturated heterocycles. The van der Waals surface area contributed by atoms with Gasteiger partial charge in [0.15, 0.2) is 0 Å². The van der Waals surface area contributed by atoms with Gasteiger partial charge in [-0.1, -0.05) is 0 Å². The second kappa shape index (κ2) is 6.52. The predicted molar refractivity (Wildman–Crippen MR) is 92.0 cm³/mol. The first kappa shape index (κ1) is 15.7. The first-order valence-corrected chi connectivity index (χ1v) is 8.03. The number of alkyl halides is 1. The number of phenols is 1. The molecule has 3 aromatic rings. The average Bonchev–Trinajstić information content (AvgIpc) is 2.97. The second-order valence-corrected chi connectivity index (χ2v) is 6.44. The molecule has 2 aromatic carbocycles. The Balaban J connectivity index is 1.83. The quantitative estimate of drug-likeness (QED) is 0.751. The number of hydrogen-bond acceptors (Lipinski definition) is 5. The lowest BCUT2D eigenvalue weighted by Gasteiger charge is -2.21. The molecule has 1 atom stereocenters. The Hall–Kier alpha value is -2.18. The molecule has 0 aliphatic carbocycles. The molecule has 3 rings (SSSR count). The van der Waals surface area contributed by atoms with Crippen LogP contribution in [0.2, 0.25) is 0 Å². The molecular formula is C17H17FN2O2S. The monoisotopic (exact) mass is 332 g/mol. The highest BCUT2D eigenvalue weighted by atomic mass is 32.1. The van der Waals surface area contributed by atoms with Crippen LogP contribution < -0.4 is 4.90 Å². The van der Waals surface area contributed by atoms with Gasteiger partial charge in [-0.2, -0.15) is 0 Å². The molecule has 0 amide bonds. The molecule has 1 heterocycles. The van der Waals surface area contributed by atoms with Gasteiger partial charge in [0.25, 0.3) is 0 Å². The number of nitrogens with zero attached hydrogens (tertiary/aromatic N) is 2. The Morgan fingerprint density at radius 2 is 1.96 bits per heavy atom. The van der Waals surface area contributed by atoms with E-state index in [-0.39, 0.29) is 12.3 Å². The van der Waals surface area contributed by atoms with Crippen molar-refractivity contribution >= 4 is 27.2 Å². The van der Waals surface area contributed by atoms with Crippen LogP contribution >= 0.6 is 11.3 Å². The molecule has 120 valence electrons. The Labute approximate surface area is 137 Å². The van der Waals surface area contributed by atoms with E-state index in [1.54, 1.807) is 18.2 Å². The third kappa shape index (κ3) is 3.43. The summed E-state index contributed by atoms with van der Waals surface area (Å²) < 4.78 is 13.3. The third-order valence-corrected chi connectivity index (χ3v) is 4.66. The maximum absolute atomic E-state index is 12.4. The van der Waals surface area contributed by atoms with E-state index in [1.165, 1.54) is 11.3 Å². The van der Waals surface area contributed by atoms with Crippen LogP contribution in [-0.2, 0) is 0 Å². The fourth-order valence-electron chi connectivity index (χ4n) is 2.37. The van der Waals surface area contributed by atoms with Crippen LogP contribution in [0.4, 0.5) is 10.1 Å². The van der Waals surface area contributed by atoms with Gasteiger partial charge in [-0.25, -0.2) is 9.37 Å². The van der Waals surface area contributed by atoms with E-state index < -0.39 is 12.8 Å². The summed E-state index contributed by atoms with van der Waals surface area (Å²) in [5.74, 6) is 0.232. The highest BCUT2D eigenvalue weighted by Gasteiger charge is 2.10. The van der Waals surface area contributed by atoms with Crippen molar-refractivity contribution in [3.63, 3.8) is 0 Å². The summed E-state index contributed by atoms with van der Waals surface area (Å²) in [4.78, 5) is 6.37. The minimum absolute atomic E-state index is 0.232. The van der Waals surface area contributed by atoms with Gasteiger partial charge >= 0.3 is 0 Å². The summed E-state index contributed by atoms with van der Waals surface area (Å²) in [7, 11) is 1.81. The lowest BCUT2D eigenvalue weighted by molar-refractivity contribution is 0.146. The molecule has 0 saturated carbocycles. The van der Waals surface area contributed by atoms with E-state index in [4.69, 9.17) is 0 Å². The van der Waals surface area contributed by atoms with E-state index in [1.807, 2.05) is 36.2 Å². The maximum Gasteiger partial charge on any atom is 0.124 e. The van der Waals surface area contributed by atoms with Gasteiger partial charge < -0.3 is 15.1 Å². The first-order chi connectivity index (χ1) is 11.1. The summed E-state index contributed by atoms with van der Waals surface area (Å²) >= 11 is 1.52. The summed E-state index contributed by atoms with van der Waals surface area (Å²) in [6, 6.07) is 12.9. The van der Waals surface area contributed by atoms with E-state index >= 15 is 0 Å². The number of aromatic hydroxyl groups is 1. The average molecular weight is 332 g/mol. The van der Waals surface area contributed by atoms with Crippen molar-refractivity contribution in [3.8, 4) is 16.3 Å². The standard InChI is InChI=1S/C17H17FN2O2S/c1-20(10-14(22)9-18)12-4-2-11(3-5-12)17-19-15-7-6-13(21)8-16(15)23-17/h2-8,14,21-22H,9-10H2,1H3. The molecule has 0 aliphatic rings. The number of rotatable bonds is 5. The molecule has 1 aromatic heterocycles. The normalized spacial score (nSPS) is 12.5. The predicted octanol–water partition coefficient (Wildman–Crippen LogP) is 3.44. The van der Waals surface area contributed by atoms with Gasteiger partial charge in [-0.3, -0.25) is 0 Å². The van der Waals surface area contributed by atoms with Crippen molar-refractivity contribution < 1.29 is 14.6 Å². The van der Waals surface area contributed by atoms with Gasteiger partial charge in [-0.05, 0) is 42.5 Å². The number of halogens is 1. The number of hydrogen-bond donors (Lipinski definition) is 2. The van der Waals surface area contributed by atoms with Crippen LogP contribution in [0.5, 0.6) is 5.75 Å². The lowest BCUT2D eigenvalue weighted by atomic mass is 10.2. The van der Waals surface area contributed by atoms with Crippen LogP contribution in [0.3, 0.4) is 0 Å². The zero-order chi connectivity index (χ0) is 16.4. The molecular weight excluding hydrogens is 315 g/mol. The molecule has 0 spiro atoms. The highest BCUT2D eigenvalue weighted by Crippen LogP contribution is 2.32. The van der Waals surface area contributed by atoms with E-state index in [2.05, 4.69) is 4.98 Å². The topological polar surface area (TPSA) is 56.6 Å². The number of anilines is 1. The number of aliphatic hydroxyl groups excluding tert-OH is 1. The SMILES string of the molecule is CN(CC(O)CF)c1ccc(-c2nc3ccc(O)cc3s2)cc1. The third-order valence-electron chi connectivity index (χ3n) is 3.59. The van der Waals surface area contributed by atoms with Crippen LogP contribution in [0, 0.1) is 0 Å². The van der Waals surface area contributed by atoms with E-state index in [0.717, 1.165) is 26.5 Å². The number of aliphatic hydroxyl groups is 1. The lowest BCUT2D eigenvalue weighted by Crippen LogP contribution is -2.30. The molecule has 4 nitrogen and oxygen atoms in total. The van der Waals surface area contributed by atoms with Crippen molar-refractivity contribution in [3.05, 3.63) is 42.5 Å². The zero-order valence-electron chi connectivity index (χ0n) is 12.6. The van der Waals surface area contributed by atoms with Crippen molar-refractivity contribution in [2.45, 2.75) is 6.10 Å². The minimum Gasteiger partial charge on any atom is -0.508 e. The van der Waals surface area contributed by atoms with Crippen LogP contribution in [-0.4, -0.2) is 41.6 Å². The summed E-state index contributed by atoms with van der Waals surface area (Å²) in [6.45, 7) is -0.503. The van der Waals surface area contributed by atoms with Gasteiger partial charge in [-0.15, -0.1) is 11.3 Å². The number of benzene rings is 2. The molecule has 1 unspecified atom stereocenters. The molecule has 23 heavy (non-hydrogen) atoms. The van der Waals surface area contributed by atoms with Crippen LogP contribution in [0.15, 0.2) is 42.5 Å². The second-order valence-electron chi connectivity index (χ2n) is 5.41. The number of fused-ring (bicyclic) bond motifs is 1. The van der Waals surface area contributed by atoms with Gasteiger partial charge in [0, 0.05) is 24.8 Å². The smallest absolute Gasteiger partial charge is 0.124 e. The molecule has 0 bridgehead atoms. The zero-order valence-corrected chi connectivity index (χ0v) is 13.4. The largest absolute Gasteiger partial charge is 0.508 e. The van der Waals surface area contributed by atoms with Crippen molar-refractivity contribution in [2.75, 3.05) is 25.2 Å². The number of aromatic nitrogens is 1. The Bertz CT molecular complexity index is 804. The number of phenolic OH excluding ortho intramolecular Hbond substituents is 1. The number of likely N-dealkylation sites (N-methyl/N-ethyl adjacent to an activating group) is 1. The first-order valence-electron chi connectivity index (χ1n) is 7.22. The fourth-order valence-corrected chi connectivity index (χ4v) is 3.37. The van der Waals surface area contributed by atoms with Crippen LogP contribution in [0.25, 0.3) is 20.8 Å². The van der Waals surface area contributed by atoms with Gasteiger partial charge in [0.1, 0.15) is 17.4 Å². The molecule has 6 heteroatoms. The molecule has 2 N–H and O–H groups in total. The fraction of sp³-hybridized carbons (Fsp3) is 0.235. The Morgan fingerprint density at radius 3 is 2.65 bits per heavy atom.